The van der Waals surface area contributed by atoms with E-state index in [9.17, 15) is 32.3 Å². The van der Waals surface area contributed by atoms with Gasteiger partial charge in [0.15, 0.2) is 6.35 Å². The Morgan fingerprint density at radius 3 is 2.38 bits per heavy atom. The average Bonchev–Trinajstić information content (AvgIpc) is 2.77. The number of fused-ring (bicyclic) bond motifs is 1. The number of benzene rings is 1. The summed E-state index contributed by atoms with van der Waals surface area (Å²) in [5.74, 6) is -3.71. The quantitative estimate of drug-likeness (QED) is 0.312. The average molecular weight is 571 g/mol. The van der Waals surface area contributed by atoms with Gasteiger partial charge in [-0.05, 0) is 24.1 Å². The maximum atomic E-state index is 14.8. The van der Waals surface area contributed by atoms with Crippen LogP contribution in [0.25, 0.3) is 0 Å². The van der Waals surface area contributed by atoms with Crippen molar-refractivity contribution in [2.45, 2.75) is 51.5 Å². The molecule has 3 heterocycles. The summed E-state index contributed by atoms with van der Waals surface area (Å²) in [6, 6.07) is 3.46. The van der Waals surface area contributed by atoms with Crippen molar-refractivity contribution in [3.8, 4) is 5.88 Å². The number of likely N-dealkylation sites (tertiary alicyclic amines) is 1. The Labute approximate surface area is 223 Å². The van der Waals surface area contributed by atoms with E-state index in [2.05, 4.69) is 15.0 Å². The number of aliphatic hydroxyl groups is 1. The summed E-state index contributed by atoms with van der Waals surface area (Å²) in [5.41, 5.74) is 0.492. The molecular formula is C25H30F4N4O5Si. The van der Waals surface area contributed by atoms with Crippen LogP contribution in [0.15, 0.2) is 24.3 Å². The first-order valence-corrected chi connectivity index (χ1v) is 15.9. The number of anilines is 1. The van der Waals surface area contributed by atoms with Crippen molar-refractivity contribution in [3.05, 3.63) is 47.2 Å². The van der Waals surface area contributed by atoms with Gasteiger partial charge in [0.05, 0.1) is 20.2 Å². The fourth-order valence-electron chi connectivity index (χ4n) is 5.14. The zero-order chi connectivity index (χ0) is 28.6. The van der Waals surface area contributed by atoms with E-state index in [0.717, 1.165) is 12.1 Å². The number of nitrogens with zero attached hydrogens (tertiary/aromatic N) is 3. The van der Waals surface area contributed by atoms with Crippen LogP contribution in [0.1, 0.15) is 23.7 Å². The monoisotopic (exact) mass is 570 g/mol. The summed E-state index contributed by atoms with van der Waals surface area (Å²) < 4.78 is 59.5. The maximum absolute atomic E-state index is 14.8. The number of aliphatic hydroxyl groups excluding tert-OH is 1. The first-order chi connectivity index (χ1) is 18.2. The molecule has 1 aromatic carbocycles. The number of aliphatic carboxylic acids is 1. The molecule has 1 aromatic heterocycles. The largest absolute Gasteiger partial charge is 0.481 e. The fourth-order valence-corrected chi connectivity index (χ4v) is 6.72. The predicted molar refractivity (Wildman–Crippen MR) is 135 cm³/mol. The van der Waals surface area contributed by atoms with Crippen LogP contribution < -0.4 is 15.2 Å². The highest BCUT2D eigenvalue weighted by molar-refractivity contribution is 6.88. The number of carboxylic acid groups (broad SMARTS) is 1. The van der Waals surface area contributed by atoms with Gasteiger partial charge in [-0.2, -0.15) is 8.78 Å². The number of ether oxygens (including phenoxy) is 1. The molecule has 2 aromatic rings. The van der Waals surface area contributed by atoms with Gasteiger partial charge >= 0.3 is 12.6 Å². The van der Waals surface area contributed by atoms with Gasteiger partial charge in [0.1, 0.15) is 17.7 Å². The summed E-state index contributed by atoms with van der Waals surface area (Å²) in [6.45, 7) is 2.96. The molecule has 9 nitrogen and oxygen atoms in total. The van der Waals surface area contributed by atoms with Crippen LogP contribution in [0.2, 0.25) is 19.6 Å². The topological polar surface area (TPSA) is 115 Å². The van der Waals surface area contributed by atoms with E-state index in [-0.39, 0.29) is 42.1 Å². The van der Waals surface area contributed by atoms with Crippen molar-refractivity contribution < 1.29 is 42.1 Å². The Kier molecular flexibility index (Phi) is 8.30. The molecule has 1 saturated heterocycles. The lowest BCUT2D eigenvalue weighted by Gasteiger charge is -2.48. The van der Waals surface area contributed by atoms with Crippen molar-refractivity contribution in [1.82, 2.24) is 14.8 Å². The summed E-state index contributed by atoms with van der Waals surface area (Å²) in [6.07, 6.45) is -1.15. The second-order valence-corrected chi connectivity index (χ2v) is 15.8. The normalized spacial score (nSPS) is 19.4. The number of carbonyl (C=O) groups excluding carboxylic acids is 1. The zero-order valence-electron chi connectivity index (χ0n) is 21.6. The Hall–Kier alpha value is -3.07. The highest BCUT2D eigenvalue weighted by Crippen LogP contribution is 2.35. The third-order valence-electron chi connectivity index (χ3n) is 6.81. The molecule has 4 rings (SSSR count). The minimum Gasteiger partial charge on any atom is -0.481 e. The minimum atomic E-state index is -3.09. The first kappa shape index (κ1) is 28.9. The van der Waals surface area contributed by atoms with Gasteiger partial charge in [-0.1, -0.05) is 19.6 Å². The van der Waals surface area contributed by atoms with Gasteiger partial charge < -0.3 is 20.3 Å². The van der Waals surface area contributed by atoms with Crippen LogP contribution in [0.5, 0.6) is 5.88 Å². The van der Waals surface area contributed by atoms with Crippen molar-refractivity contribution in [2.24, 2.45) is 5.92 Å². The van der Waals surface area contributed by atoms with Crippen LogP contribution in [0.3, 0.4) is 0 Å². The molecule has 2 aliphatic heterocycles. The van der Waals surface area contributed by atoms with E-state index in [1.54, 1.807) is 24.5 Å². The van der Waals surface area contributed by atoms with Gasteiger partial charge in [-0.15, -0.1) is 0 Å². The number of hydrogen-bond donors (Lipinski definition) is 3. The Morgan fingerprint density at radius 1 is 1.18 bits per heavy atom. The lowest BCUT2D eigenvalue weighted by atomic mass is 9.94. The number of halogens is 4. The van der Waals surface area contributed by atoms with Crippen LogP contribution in [-0.4, -0.2) is 77.5 Å². The smallest absolute Gasteiger partial charge is 0.388 e. The number of alkyl halides is 2. The fraction of sp³-hybridized carbons (Fsp3) is 0.480. The number of amides is 1. The molecule has 212 valence electrons. The molecule has 3 N–H and O–H groups in total. The Balaban J connectivity index is 1.63. The number of carbonyl (C=O) groups is 2. The molecule has 39 heavy (non-hydrogen) atoms. The lowest BCUT2D eigenvalue weighted by molar-refractivity contribution is -0.176. The van der Waals surface area contributed by atoms with E-state index < -0.39 is 50.6 Å². The Morgan fingerprint density at radius 2 is 1.82 bits per heavy atom. The van der Waals surface area contributed by atoms with Crippen LogP contribution in [0.4, 0.5) is 23.2 Å². The van der Waals surface area contributed by atoms with E-state index in [1.165, 1.54) is 17.0 Å². The van der Waals surface area contributed by atoms with Crippen molar-refractivity contribution in [1.29, 1.82) is 0 Å². The molecule has 0 aliphatic carbocycles. The van der Waals surface area contributed by atoms with Gasteiger partial charge in [-0.3, -0.25) is 14.5 Å². The summed E-state index contributed by atoms with van der Waals surface area (Å²) in [4.78, 5) is 31.7. The van der Waals surface area contributed by atoms with Gasteiger partial charge in [0, 0.05) is 48.6 Å². The lowest BCUT2D eigenvalue weighted by Crippen LogP contribution is -2.61. The zero-order valence-corrected chi connectivity index (χ0v) is 22.6. The van der Waals surface area contributed by atoms with E-state index in [4.69, 9.17) is 5.11 Å². The highest BCUT2D eigenvalue weighted by atomic mass is 28.3. The molecule has 0 radical (unpaired) electrons. The van der Waals surface area contributed by atoms with Gasteiger partial charge in [0.2, 0.25) is 11.8 Å². The molecule has 1 unspecified atom stereocenters. The molecule has 0 bridgehead atoms. The summed E-state index contributed by atoms with van der Waals surface area (Å²) >= 11 is 0. The van der Waals surface area contributed by atoms with Crippen LogP contribution in [-0.2, 0) is 16.0 Å². The number of nitrogens with one attached hydrogen (secondary N) is 1. The molecule has 0 saturated carbocycles. The maximum Gasteiger partial charge on any atom is 0.388 e. The molecule has 1 amide bonds. The molecular weight excluding hydrogens is 540 g/mol. The number of aromatic nitrogens is 1. The first-order valence-electron chi connectivity index (χ1n) is 12.4. The van der Waals surface area contributed by atoms with E-state index in [1.807, 2.05) is 0 Å². The molecule has 0 spiro atoms. The second-order valence-electron chi connectivity index (χ2n) is 10.8. The van der Waals surface area contributed by atoms with Crippen molar-refractivity contribution in [3.63, 3.8) is 0 Å². The van der Waals surface area contributed by atoms with Crippen LogP contribution >= 0.6 is 0 Å². The molecule has 2 atom stereocenters. The SMILES string of the molecule is C[Si](C)(C)c1c(F)cc(NC(=O)[C@H]2c3ccc(OC(F)F)nc3CCN2C(O)N2CC(CC(=O)O)C2)cc1F. The molecule has 2 aliphatic rings. The number of pyridine rings is 1. The summed E-state index contributed by atoms with van der Waals surface area (Å²) in [5, 5.41) is 22.6. The standard InChI is InChI=1S/C25H30F4N4O5Si/c1-39(2,3)22-16(26)9-14(10-17(22)27)30-23(36)21-15-4-5-19(38-24(28)29)31-18(15)6-7-33(21)25(37)32-11-13(12-32)8-20(34)35/h4-5,9-10,13,21,24-25,37H,6-8,11-12H2,1-3H3,(H,30,36)(H,34,35)/t21-,25?/m1/s1. The number of carboxylic acids is 1. The van der Waals surface area contributed by atoms with E-state index in [0.29, 0.717) is 24.3 Å². The molecule has 14 heteroatoms. The Bertz CT molecular complexity index is 1230. The van der Waals surface area contributed by atoms with E-state index >= 15 is 0 Å². The van der Waals surface area contributed by atoms with Gasteiger partial charge in [-0.25, -0.2) is 18.7 Å². The predicted octanol–water partition coefficient (Wildman–Crippen LogP) is 2.73. The molecule has 1 fully saturated rings. The highest BCUT2D eigenvalue weighted by Gasteiger charge is 2.43. The second kappa shape index (κ2) is 11.2. The van der Waals surface area contributed by atoms with Gasteiger partial charge in [0.25, 0.3) is 0 Å². The number of hydrogen-bond acceptors (Lipinski definition) is 7. The third kappa shape index (κ3) is 6.40. The summed E-state index contributed by atoms with van der Waals surface area (Å²) in [7, 11) is -2.35. The van der Waals surface area contributed by atoms with Crippen LogP contribution in [0, 0.1) is 17.6 Å². The minimum absolute atomic E-state index is 0.00465. The number of rotatable bonds is 9. The van der Waals surface area contributed by atoms with Crippen molar-refractivity contribution in [2.75, 3.05) is 25.0 Å². The van der Waals surface area contributed by atoms with Crippen molar-refractivity contribution >= 4 is 30.8 Å². The third-order valence-corrected chi connectivity index (χ3v) is 8.78.